The van der Waals surface area contributed by atoms with Crippen LogP contribution in [-0.2, 0) is 9.53 Å². The molecule has 4 heteroatoms. The quantitative estimate of drug-likeness (QED) is 0.689. The second kappa shape index (κ2) is 4.65. The molecule has 2 N–H and O–H groups in total. The molecule has 0 bridgehead atoms. The number of H-pyrrole nitrogens is 2. The molecule has 96 valence electrons. The molecule has 0 unspecified atom stereocenters. The maximum atomic E-state index is 11.5. The lowest BCUT2D eigenvalue weighted by Crippen LogP contribution is -2.16. The van der Waals surface area contributed by atoms with Crippen molar-refractivity contribution in [2.24, 2.45) is 0 Å². The number of rotatable bonds is 2. The van der Waals surface area contributed by atoms with Crippen molar-refractivity contribution in [2.75, 3.05) is 6.61 Å². The van der Waals surface area contributed by atoms with Gasteiger partial charge in [-0.05, 0) is 24.4 Å². The number of hydrogen-bond acceptors (Lipinski definition) is 2. The van der Waals surface area contributed by atoms with Crippen molar-refractivity contribution in [3.8, 4) is 0 Å². The lowest BCUT2D eigenvalue weighted by Gasteiger charge is -2.06. The molecule has 2 aromatic carbocycles. The van der Waals surface area contributed by atoms with Gasteiger partial charge >= 0.3 is 5.97 Å². The Bertz CT molecular complexity index is 760. The summed E-state index contributed by atoms with van der Waals surface area (Å²) in [6.45, 7) is 2.16. The fourth-order valence-electron chi connectivity index (χ4n) is 2.24. The number of carbonyl (C=O) groups excluding carboxylic acids is 1. The van der Waals surface area contributed by atoms with Crippen LogP contribution in [0.1, 0.15) is 6.92 Å². The van der Waals surface area contributed by atoms with Crippen molar-refractivity contribution in [3.05, 3.63) is 41.9 Å². The van der Waals surface area contributed by atoms with E-state index in [4.69, 9.17) is 4.74 Å². The minimum absolute atomic E-state index is 0.357. The molecule has 19 heavy (non-hydrogen) atoms. The van der Waals surface area contributed by atoms with Crippen molar-refractivity contribution in [2.45, 2.75) is 6.92 Å². The van der Waals surface area contributed by atoms with Crippen molar-refractivity contribution in [1.29, 1.82) is 0 Å². The predicted octanol–water partition coefficient (Wildman–Crippen LogP) is 2.27. The highest BCUT2D eigenvalue weighted by Gasteiger charge is 2.02. The molecule has 0 amide bonds. The zero-order chi connectivity index (χ0) is 13.2. The van der Waals surface area contributed by atoms with Crippen LogP contribution in [0, 0.1) is 0 Å². The van der Waals surface area contributed by atoms with Crippen molar-refractivity contribution in [1.82, 2.24) is 9.97 Å². The minimum atomic E-state index is -0.357. The van der Waals surface area contributed by atoms with Gasteiger partial charge in [0.1, 0.15) is 5.48 Å². The number of nitrogens with one attached hydrogen (secondary N) is 2. The molecule has 0 saturated carbocycles. The zero-order valence-electron chi connectivity index (χ0n) is 10.6. The Morgan fingerprint density at radius 1 is 1.16 bits per heavy atom. The summed E-state index contributed by atoms with van der Waals surface area (Å²) in [5.41, 5.74) is 2.61. The van der Waals surface area contributed by atoms with Crippen LogP contribution in [0.2, 0.25) is 0 Å². The van der Waals surface area contributed by atoms with Gasteiger partial charge in [-0.1, -0.05) is 24.3 Å². The van der Waals surface area contributed by atoms with Gasteiger partial charge in [-0.2, -0.15) is 0 Å². The molecule has 0 spiro atoms. The Balaban J connectivity index is 2.27. The van der Waals surface area contributed by atoms with Crippen LogP contribution < -0.4 is 5.48 Å². The van der Waals surface area contributed by atoms with E-state index in [0.717, 1.165) is 21.8 Å². The monoisotopic (exact) mass is 254 g/mol. The molecule has 3 aromatic rings. The van der Waals surface area contributed by atoms with E-state index in [2.05, 4.69) is 22.1 Å². The van der Waals surface area contributed by atoms with Gasteiger partial charge in [0.2, 0.25) is 0 Å². The highest BCUT2D eigenvalue weighted by Crippen LogP contribution is 2.21. The van der Waals surface area contributed by atoms with Gasteiger partial charge in [0.05, 0.1) is 12.7 Å². The fraction of sp³-hybridized carbons (Fsp3) is 0.133. The van der Waals surface area contributed by atoms with E-state index < -0.39 is 0 Å². The van der Waals surface area contributed by atoms with Crippen LogP contribution in [0.25, 0.3) is 27.9 Å². The second-order valence-electron chi connectivity index (χ2n) is 4.27. The maximum absolute atomic E-state index is 11.5. The number of aromatic amines is 2. The van der Waals surface area contributed by atoms with E-state index in [1.54, 1.807) is 6.92 Å². The molecular formula is C15H14N2O2. The first-order chi connectivity index (χ1) is 9.28. The topological polar surface area (TPSA) is 57.9 Å². The average molecular weight is 254 g/mol. The van der Waals surface area contributed by atoms with Gasteiger partial charge in [-0.25, -0.2) is 4.79 Å². The van der Waals surface area contributed by atoms with Crippen LogP contribution in [0.4, 0.5) is 0 Å². The first-order valence-corrected chi connectivity index (χ1v) is 6.22. The SMILES string of the molecule is CCOC(=O)C=c1[nH]c2cccc3cccc([nH]1)c32. The van der Waals surface area contributed by atoms with Crippen molar-refractivity contribution < 1.29 is 9.53 Å². The Morgan fingerprint density at radius 3 is 2.37 bits per heavy atom. The highest BCUT2D eigenvalue weighted by atomic mass is 16.5. The van der Waals surface area contributed by atoms with Gasteiger partial charge in [0, 0.05) is 16.4 Å². The molecule has 0 aliphatic carbocycles. The summed E-state index contributed by atoms with van der Waals surface area (Å²) in [7, 11) is 0. The first kappa shape index (κ1) is 11.6. The van der Waals surface area contributed by atoms with Crippen LogP contribution in [-0.4, -0.2) is 22.5 Å². The summed E-state index contributed by atoms with van der Waals surface area (Å²) in [5.74, 6) is -0.357. The summed E-state index contributed by atoms with van der Waals surface area (Å²) in [6.07, 6.45) is 1.43. The third-order valence-electron chi connectivity index (χ3n) is 2.99. The number of carbonyl (C=O) groups is 1. The summed E-state index contributed by atoms with van der Waals surface area (Å²) in [5, 5.41) is 2.29. The zero-order valence-corrected chi connectivity index (χ0v) is 10.6. The Hall–Kier alpha value is -2.49. The van der Waals surface area contributed by atoms with Gasteiger partial charge in [0.15, 0.2) is 0 Å². The van der Waals surface area contributed by atoms with Crippen LogP contribution in [0.3, 0.4) is 0 Å². The van der Waals surface area contributed by atoms with Gasteiger partial charge in [0.25, 0.3) is 0 Å². The molecule has 1 heterocycles. The largest absolute Gasteiger partial charge is 0.463 e. The van der Waals surface area contributed by atoms with Gasteiger partial charge < -0.3 is 14.7 Å². The molecular weight excluding hydrogens is 240 g/mol. The van der Waals surface area contributed by atoms with Crippen LogP contribution in [0.5, 0.6) is 0 Å². The number of benzene rings is 2. The van der Waals surface area contributed by atoms with E-state index >= 15 is 0 Å². The third kappa shape index (κ3) is 2.12. The average Bonchev–Trinajstić information content (AvgIpc) is 2.39. The maximum Gasteiger partial charge on any atom is 0.334 e. The van der Waals surface area contributed by atoms with E-state index in [1.165, 1.54) is 6.08 Å². The third-order valence-corrected chi connectivity index (χ3v) is 2.99. The fourth-order valence-corrected chi connectivity index (χ4v) is 2.24. The number of aromatic nitrogens is 2. The van der Waals surface area contributed by atoms with Crippen LogP contribution >= 0.6 is 0 Å². The molecule has 0 aliphatic rings. The Morgan fingerprint density at radius 2 is 1.79 bits per heavy atom. The molecule has 0 radical (unpaired) electrons. The van der Waals surface area contributed by atoms with Crippen LogP contribution in [0.15, 0.2) is 36.4 Å². The highest BCUT2D eigenvalue weighted by molar-refractivity contribution is 6.07. The van der Waals surface area contributed by atoms with Gasteiger partial charge in [-0.15, -0.1) is 0 Å². The summed E-state index contributed by atoms with van der Waals surface area (Å²) >= 11 is 0. The normalized spacial score (nSPS) is 10.8. The van der Waals surface area contributed by atoms with E-state index in [-0.39, 0.29) is 5.97 Å². The number of esters is 1. The predicted molar refractivity (Wildman–Crippen MR) is 75.3 cm³/mol. The molecule has 0 fully saturated rings. The molecule has 0 atom stereocenters. The van der Waals surface area contributed by atoms with Crippen molar-refractivity contribution >= 4 is 33.9 Å². The summed E-state index contributed by atoms with van der Waals surface area (Å²) < 4.78 is 4.91. The Labute approximate surface area is 109 Å². The van der Waals surface area contributed by atoms with E-state index in [9.17, 15) is 4.79 Å². The number of hydrogen-bond donors (Lipinski definition) is 2. The first-order valence-electron chi connectivity index (χ1n) is 6.22. The molecule has 4 nitrogen and oxygen atoms in total. The summed E-state index contributed by atoms with van der Waals surface area (Å²) in [4.78, 5) is 17.9. The number of ether oxygens (including phenoxy) is 1. The molecule has 0 aliphatic heterocycles. The summed E-state index contributed by atoms with van der Waals surface area (Å²) in [6, 6.07) is 12.1. The van der Waals surface area contributed by atoms with E-state index in [1.807, 2.05) is 24.3 Å². The lowest BCUT2D eigenvalue weighted by molar-refractivity contribution is -0.135. The smallest absolute Gasteiger partial charge is 0.334 e. The molecule has 1 aromatic heterocycles. The Kier molecular flexibility index (Phi) is 2.83. The second-order valence-corrected chi connectivity index (χ2v) is 4.27. The lowest BCUT2D eigenvalue weighted by atomic mass is 10.1. The van der Waals surface area contributed by atoms with E-state index in [0.29, 0.717) is 12.1 Å². The standard InChI is InChI=1S/C15H14N2O2/c1-2-19-14(18)9-13-16-11-7-3-5-10-6-4-8-12(17-13)15(10)11/h3-9,16-17H,2H2,1H3. The minimum Gasteiger partial charge on any atom is -0.463 e. The molecule has 0 saturated heterocycles. The molecule has 3 rings (SSSR count). The van der Waals surface area contributed by atoms with Gasteiger partial charge in [-0.3, -0.25) is 0 Å². The van der Waals surface area contributed by atoms with Crippen molar-refractivity contribution in [3.63, 3.8) is 0 Å².